The fourth-order valence-electron chi connectivity index (χ4n) is 2.80. The first kappa shape index (κ1) is 16.7. The topological polar surface area (TPSA) is 19.7 Å². The van der Waals surface area contributed by atoms with Crippen LogP contribution >= 0.6 is 35.2 Å². The second-order valence-corrected chi connectivity index (χ2v) is 8.05. The largest absolute Gasteiger partial charge is 0.338 e. The van der Waals surface area contributed by atoms with Crippen LogP contribution in [0.2, 0.25) is 4.34 Å². The maximum absolute atomic E-state index is 6.01. The number of quaternary nitrogens is 1. The molecule has 0 spiro atoms. The third-order valence-corrected chi connectivity index (χ3v) is 5.79. The van der Waals surface area contributed by atoms with Crippen LogP contribution in [0.15, 0.2) is 36.4 Å². The quantitative estimate of drug-likeness (QED) is 0.815. The fraction of sp³-hybridized carbons (Fsp3) is 0.353. The van der Waals surface area contributed by atoms with Crippen molar-refractivity contribution in [1.82, 2.24) is 4.90 Å². The van der Waals surface area contributed by atoms with Crippen molar-refractivity contribution in [2.45, 2.75) is 13.5 Å². The Kier molecular flexibility index (Phi) is 5.54. The van der Waals surface area contributed by atoms with Gasteiger partial charge in [0.05, 0.1) is 35.4 Å². The number of rotatable bonds is 3. The van der Waals surface area contributed by atoms with E-state index < -0.39 is 0 Å². The molecule has 1 aliphatic heterocycles. The number of nitrogens with one attached hydrogen (secondary N) is 2. The number of benzene rings is 1. The first-order valence-electron chi connectivity index (χ1n) is 7.81. The molecule has 1 aliphatic rings. The summed E-state index contributed by atoms with van der Waals surface area (Å²) >= 11 is 13.3. The number of aryl methyl sites for hydroxylation is 1. The van der Waals surface area contributed by atoms with Gasteiger partial charge < -0.3 is 15.1 Å². The van der Waals surface area contributed by atoms with Crippen LogP contribution in [0.1, 0.15) is 10.4 Å². The highest BCUT2D eigenvalue weighted by Gasteiger charge is 2.22. The third kappa shape index (κ3) is 4.44. The molecule has 1 aromatic carbocycles. The summed E-state index contributed by atoms with van der Waals surface area (Å²) in [5.41, 5.74) is 2.31. The van der Waals surface area contributed by atoms with Gasteiger partial charge in [0.15, 0.2) is 5.11 Å². The number of hydrogen-bond donors (Lipinski definition) is 2. The number of halogens is 1. The van der Waals surface area contributed by atoms with Crippen LogP contribution < -0.4 is 10.2 Å². The maximum Gasteiger partial charge on any atom is 0.173 e. The molecule has 0 atom stereocenters. The summed E-state index contributed by atoms with van der Waals surface area (Å²) in [6, 6.07) is 12.4. The van der Waals surface area contributed by atoms with Gasteiger partial charge in [0, 0.05) is 5.69 Å². The highest BCUT2D eigenvalue weighted by molar-refractivity contribution is 7.80. The summed E-state index contributed by atoms with van der Waals surface area (Å²) in [6.07, 6.45) is 0. The van der Waals surface area contributed by atoms with Gasteiger partial charge in [0.2, 0.25) is 0 Å². The summed E-state index contributed by atoms with van der Waals surface area (Å²) in [6.45, 7) is 7.34. The molecule has 0 aliphatic carbocycles. The van der Waals surface area contributed by atoms with Crippen LogP contribution in [-0.2, 0) is 6.54 Å². The Bertz CT molecular complexity index is 678. The Hall–Kier alpha value is -1.14. The van der Waals surface area contributed by atoms with Gasteiger partial charge in [-0.2, -0.15) is 0 Å². The fourth-order valence-corrected chi connectivity index (χ4v) is 4.26. The number of piperazine rings is 1. The van der Waals surface area contributed by atoms with E-state index >= 15 is 0 Å². The molecule has 3 nitrogen and oxygen atoms in total. The van der Waals surface area contributed by atoms with E-state index in [1.807, 2.05) is 18.2 Å². The van der Waals surface area contributed by atoms with Gasteiger partial charge in [0.1, 0.15) is 6.54 Å². The summed E-state index contributed by atoms with van der Waals surface area (Å²) in [5.74, 6) is 0. The molecule has 1 aromatic heterocycles. The monoisotopic (exact) mass is 366 g/mol. The van der Waals surface area contributed by atoms with Crippen LogP contribution in [0.4, 0.5) is 5.69 Å². The summed E-state index contributed by atoms with van der Waals surface area (Å²) in [5, 5.41) is 4.21. The Morgan fingerprint density at radius 3 is 2.65 bits per heavy atom. The van der Waals surface area contributed by atoms with Gasteiger partial charge in [-0.1, -0.05) is 29.8 Å². The predicted octanol–water partition coefficient (Wildman–Crippen LogP) is 2.81. The van der Waals surface area contributed by atoms with E-state index in [1.54, 1.807) is 16.2 Å². The van der Waals surface area contributed by atoms with Gasteiger partial charge in [-0.05, 0) is 42.9 Å². The molecule has 0 saturated carbocycles. The predicted molar refractivity (Wildman–Crippen MR) is 103 cm³/mol. The summed E-state index contributed by atoms with van der Waals surface area (Å²) in [7, 11) is 0. The zero-order valence-electron chi connectivity index (χ0n) is 13.1. The average molecular weight is 367 g/mol. The minimum absolute atomic E-state index is 0.831. The minimum Gasteiger partial charge on any atom is -0.338 e. The standard InChI is InChI=1S/C17H20ClN3S2/c1-13-4-2-3-5-15(13)19-17(22)21-10-8-20(9-11-21)12-14-6-7-16(18)23-14/h2-7H,8-12H2,1H3,(H,19,22)/p+1. The summed E-state index contributed by atoms with van der Waals surface area (Å²) < 4.78 is 0.877. The SMILES string of the molecule is Cc1ccccc1NC(=S)N1CC[NH+](Cc2ccc(Cl)s2)CC1. The van der Waals surface area contributed by atoms with E-state index in [0.29, 0.717) is 0 Å². The average Bonchev–Trinajstić information content (AvgIpc) is 2.95. The number of anilines is 1. The number of para-hydroxylation sites is 1. The van der Waals surface area contributed by atoms with Crippen molar-refractivity contribution < 1.29 is 4.90 Å². The molecule has 0 unspecified atom stereocenters. The van der Waals surface area contributed by atoms with Crippen LogP contribution in [0.25, 0.3) is 0 Å². The number of hydrogen-bond acceptors (Lipinski definition) is 2. The number of nitrogens with zero attached hydrogens (tertiary/aromatic N) is 1. The molecule has 2 aromatic rings. The molecule has 1 saturated heterocycles. The molecule has 23 heavy (non-hydrogen) atoms. The third-order valence-electron chi connectivity index (χ3n) is 4.20. The lowest BCUT2D eigenvalue weighted by Crippen LogP contribution is -3.13. The summed E-state index contributed by atoms with van der Waals surface area (Å²) in [4.78, 5) is 5.23. The second kappa shape index (κ2) is 7.62. The molecular weight excluding hydrogens is 346 g/mol. The minimum atomic E-state index is 0.831. The molecule has 6 heteroatoms. The van der Waals surface area contributed by atoms with Crippen molar-refractivity contribution in [3.63, 3.8) is 0 Å². The Morgan fingerprint density at radius 2 is 2.00 bits per heavy atom. The molecular formula is C17H21ClN3S2+. The lowest BCUT2D eigenvalue weighted by Gasteiger charge is -2.33. The molecule has 0 bridgehead atoms. The van der Waals surface area contributed by atoms with Crippen LogP contribution in [0.5, 0.6) is 0 Å². The normalized spacial score (nSPS) is 15.7. The first-order valence-corrected chi connectivity index (χ1v) is 9.41. The van der Waals surface area contributed by atoms with Crippen molar-refractivity contribution in [2.24, 2.45) is 0 Å². The highest BCUT2D eigenvalue weighted by Crippen LogP contribution is 2.20. The number of thiophene rings is 1. The molecule has 3 rings (SSSR count). The van der Waals surface area contributed by atoms with E-state index in [0.717, 1.165) is 47.9 Å². The van der Waals surface area contributed by atoms with E-state index in [4.69, 9.17) is 23.8 Å². The Labute approximate surface area is 151 Å². The first-order chi connectivity index (χ1) is 11.1. The lowest BCUT2D eigenvalue weighted by atomic mass is 10.2. The van der Waals surface area contributed by atoms with Crippen molar-refractivity contribution in [2.75, 3.05) is 31.5 Å². The molecule has 2 heterocycles. The molecule has 1 fully saturated rings. The van der Waals surface area contributed by atoms with Crippen molar-refractivity contribution >= 4 is 46.0 Å². The zero-order chi connectivity index (χ0) is 16.2. The molecule has 122 valence electrons. The van der Waals surface area contributed by atoms with Crippen LogP contribution in [-0.4, -0.2) is 36.2 Å². The van der Waals surface area contributed by atoms with Gasteiger partial charge in [0.25, 0.3) is 0 Å². The molecule has 0 radical (unpaired) electrons. The van der Waals surface area contributed by atoms with Crippen molar-refractivity contribution in [1.29, 1.82) is 0 Å². The Morgan fingerprint density at radius 1 is 1.26 bits per heavy atom. The molecule has 0 amide bonds. The van der Waals surface area contributed by atoms with Crippen molar-refractivity contribution in [3.8, 4) is 0 Å². The van der Waals surface area contributed by atoms with E-state index in [2.05, 4.69) is 35.3 Å². The van der Waals surface area contributed by atoms with Crippen LogP contribution in [0, 0.1) is 6.92 Å². The van der Waals surface area contributed by atoms with Gasteiger partial charge in [-0.15, -0.1) is 11.3 Å². The molecule has 2 N–H and O–H groups in total. The van der Waals surface area contributed by atoms with Gasteiger partial charge in [-0.25, -0.2) is 0 Å². The van der Waals surface area contributed by atoms with Crippen LogP contribution in [0.3, 0.4) is 0 Å². The smallest absolute Gasteiger partial charge is 0.173 e. The highest BCUT2D eigenvalue weighted by atomic mass is 35.5. The van der Waals surface area contributed by atoms with E-state index in [9.17, 15) is 0 Å². The van der Waals surface area contributed by atoms with E-state index in [-0.39, 0.29) is 0 Å². The Balaban J connectivity index is 1.50. The number of thiocarbonyl (C=S) groups is 1. The van der Waals surface area contributed by atoms with E-state index in [1.165, 1.54) is 10.4 Å². The second-order valence-electron chi connectivity index (χ2n) is 5.86. The van der Waals surface area contributed by atoms with Crippen molar-refractivity contribution in [3.05, 3.63) is 51.2 Å². The van der Waals surface area contributed by atoms with Gasteiger partial charge >= 0.3 is 0 Å². The van der Waals surface area contributed by atoms with Gasteiger partial charge in [-0.3, -0.25) is 0 Å². The lowest BCUT2D eigenvalue weighted by molar-refractivity contribution is -0.917. The zero-order valence-corrected chi connectivity index (χ0v) is 15.5. The maximum atomic E-state index is 6.01.